The fraction of sp³-hybridized carbons (Fsp3) is 0.190. The van der Waals surface area contributed by atoms with Crippen molar-refractivity contribution in [2.75, 3.05) is 18.1 Å². The van der Waals surface area contributed by atoms with E-state index in [1.165, 1.54) is 21.2 Å². The summed E-state index contributed by atoms with van der Waals surface area (Å²) in [5.41, 5.74) is 3.54. The number of amidine groups is 1. The Bertz CT molecular complexity index is 1230. The van der Waals surface area contributed by atoms with Crippen molar-refractivity contribution in [3.05, 3.63) is 65.0 Å². The van der Waals surface area contributed by atoms with Crippen LogP contribution in [0.5, 0.6) is 0 Å². The van der Waals surface area contributed by atoms with Crippen LogP contribution in [-0.2, 0) is 9.59 Å². The molecule has 1 fully saturated rings. The van der Waals surface area contributed by atoms with E-state index in [-0.39, 0.29) is 23.1 Å². The SMILES string of the molecule is CCN1C(=O)CS/C1=N/NC(=O)CSc1nc2ccccc2c(=O)n1-c1ccccc1. The summed E-state index contributed by atoms with van der Waals surface area (Å²) in [6.45, 7) is 2.35. The second-order valence-electron chi connectivity index (χ2n) is 6.53. The van der Waals surface area contributed by atoms with Gasteiger partial charge in [-0.15, -0.1) is 5.10 Å². The highest BCUT2D eigenvalue weighted by Crippen LogP contribution is 2.21. The lowest BCUT2D eigenvalue weighted by Gasteiger charge is -2.13. The molecule has 4 rings (SSSR count). The Kier molecular flexibility index (Phi) is 6.38. The molecule has 1 aliphatic rings. The summed E-state index contributed by atoms with van der Waals surface area (Å²) >= 11 is 2.44. The molecular weight excluding hydrogens is 434 g/mol. The van der Waals surface area contributed by atoms with Gasteiger partial charge in [0, 0.05) is 6.54 Å². The van der Waals surface area contributed by atoms with E-state index < -0.39 is 0 Å². The van der Waals surface area contributed by atoms with E-state index in [9.17, 15) is 14.4 Å². The molecule has 2 amide bonds. The van der Waals surface area contributed by atoms with Gasteiger partial charge in [0.15, 0.2) is 10.3 Å². The zero-order valence-electron chi connectivity index (χ0n) is 16.6. The van der Waals surface area contributed by atoms with E-state index >= 15 is 0 Å². The van der Waals surface area contributed by atoms with Gasteiger partial charge in [-0.25, -0.2) is 10.4 Å². The standard InChI is InChI=1S/C21H19N5O3S2/c1-2-25-18(28)13-31-21(25)24-23-17(27)12-30-20-22-16-11-7-6-10-15(16)19(29)26(20)14-8-4-3-5-9-14/h3-11H,2,12-13H2,1H3,(H,23,27)/b24-21+. The number of nitrogens with zero attached hydrogens (tertiary/aromatic N) is 4. The van der Waals surface area contributed by atoms with Gasteiger partial charge in [-0.2, -0.15) is 0 Å². The van der Waals surface area contributed by atoms with Crippen LogP contribution in [0, 0.1) is 0 Å². The van der Waals surface area contributed by atoms with Crippen LogP contribution in [0.3, 0.4) is 0 Å². The maximum absolute atomic E-state index is 13.1. The van der Waals surface area contributed by atoms with E-state index in [1.54, 1.807) is 18.2 Å². The number of aromatic nitrogens is 2. The third-order valence-corrected chi connectivity index (χ3v) is 6.44. The van der Waals surface area contributed by atoms with Gasteiger partial charge in [0.05, 0.1) is 28.1 Å². The van der Waals surface area contributed by atoms with Crippen molar-refractivity contribution >= 4 is 51.4 Å². The monoisotopic (exact) mass is 453 g/mol. The van der Waals surface area contributed by atoms with E-state index in [0.717, 1.165) is 11.8 Å². The topological polar surface area (TPSA) is 96.7 Å². The van der Waals surface area contributed by atoms with Gasteiger partial charge >= 0.3 is 0 Å². The van der Waals surface area contributed by atoms with Gasteiger partial charge in [0.25, 0.3) is 11.5 Å². The van der Waals surface area contributed by atoms with Crippen molar-refractivity contribution < 1.29 is 9.59 Å². The second kappa shape index (κ2) is 9.36. The summed E-state index contributed by atoms with van der Waals surface area (Å²) in [6, 6.07) is 16.3. The van der Waals surface area contributed by atoms with Crippen molar-refractivity contribution in [3.8, 4) is 5.69 Å². The summed E-state index contributed by atoms with van der Waals surface area (Å²) in [6.07, 6.45) is 0. The largest absolute Gasteiger partial charge is 0.289 e. The summed E-state index contributed by atoms with van der Waals surface area (Å²) in [7, 11) is 0. The molecule has 1 aromatic heterocycles. The number of thioether (sulfide) groups is 2. The lowest BCUT2D eigenvalue weighted by molar-refractivity contribution is -0.124. The molecule has 8 nitrogen and oxygen atoms in total. The van der Waals surface area contributed by atoms with Gasteiger partial charge in [0.1, 0.15) is 0 Å². The third-order valence-electron chi connectivity index (χ3n) is 4.54. The Morgan fingerprint density at radius 1 is 1.16 bits per heavy atom. The normalized spacial score (nSPS) is 15.1. The minimum absolute atomic E-state index is 0.0130. The molecule has 1 saturated heterocycles. The van der Waals surface area contributed by atoms with Gasteiger partial charge in [-0.1, -0.05) is 53.9 Å². The molecule has 2 aromatic carbocycles. The maximum Gasteiger partial charge on any atom is 0.266 e. The molecule has 1 N–H and O–H groups in total. The van der Waals surface area contributed by atoms with E-state index in [4.69, 9.17) is 0 Å². The quantitative estimate of drug-likeness (QED) is 0.350. The zero-order chi connectivity index (χ0) is 21.8. The lowest BCUT2D eigenvalue weighted by atomic mass is 10.2. The minimum Gasteiger partial charge on any atom is -0.289 e. The molecule has 0 saturated carbocycles. The summed E-state index contributed by atoms with van der Waals surface area (Å²) in [5, 5.41) is 5.47. The molecule has 158 valence electrons. The van der Waals surface area contributed by atoms with Gasteiger partial charge < -0.3 is 0 Å². The number of amides is 2. The molecule has 0 atom stereocenters. The van der Waals surface area contributed by atoms with Crippen LogP contribution in [0.15, 0.2) is 69.6 Å². The number of hydrogen-bond acceptors (Lipinski definition) is 7. The van der Waals surface area contributed by atoms with E-state index in [0.29, 0.717) is 39.2 Å². The smallest absolute Gasteiger partial charge is 0.266 e. The summed E-state index contributed by atoms with van der Waals surface area (Å²) in [5.74, 6) is -0.0431. The maximum atomic E-state index is 13.1. The third kappa shape index (κ3) is 4.49. The van der Waals surface area contributed by atoms with Crippen LogP contribution in [0.4, 0.5) is 0 Å². The van der Waals surface area contributed by atoms with Crippen LogP contribution in [0.2, 0.25) is 0 Å². The van der Waals surface area contributed by atoms with Crippen molar-refractivity contribution in [2.24, 2.45) is 5.10 Å². The predicted octanol–water partition coefficient (Wildman–Crippen LogP) is 2.46. The van der Waals surface area contributed by atoms with Gasteiger partial charge in [-0.3, -0.25) is 23.9 Å². The highest BCUT2D eigenvalue weighted by atomic mass is 32.2. The van der Waals surface area contributed by atoms with E-state index in [2.05, 4.69) is 15.5 Å². The molecule has 3 aromatic rings. The first-order valence-corrected chi connectivity index (χ1v) is 11.6. The first-order valence-electron chi connectivity index (χ1n) is 9.58. The fourth-order valence-corrected chi connectivity index (χ4v) is 4.79. The lowest BCUT2D eigenvalue weighted by Crippen LogP contribution is -2.31. The molecule has 0 bridgehead atoms. The number of para-hydroxylation sites is 2. The minimum atomic E-state index is -0.351. The molecule has 10 heteroatoms. The van der Waals surface area contributed by atoms with Crippen LogP contribution in [0.1, 0.15) is 6.92 Å². The Hall–Kier alpha value is -3.11. The van der Waals surface area contributed by atoms with Gasteiger partial charge in [0.2, 0.25) is 5.91 Å². The van der Waals surface area contributed by atoms with Crippen LogP contribution >= 0.6 is 23.5 Å². The molecule has 1 aliphatic heterocycles. The second-order valence-corrected chi connectivity index (χ2v) is 8.42. The Morgan fingerprint density at radius 2 is 1.90 bits per heavy atom. The van der Waals surface area contributed by atoms with Crippen LogP contribution in [0.25, 0.3) is 16.6 Å². The number of carbonyl (C=O) groups excluding carboxylic acids is 2. The summed E-state index contributed by atoms with van der Waals surface area (Å²) in [4.78, 5) is 43.4. The van der Waals surface area contributed by atoms with Crippen LogP contribution in [-0.4, -0.2) is 49.5 Å². The Labute approximate surface area is 186 Å². The first kappa shape index (κ1) is 21.1. The average molecular weight is 454 g/mol. The number of hydrazone groups is 1. The van der Waals surface area contributed by atoms with Crippen molar-refractivity contribution in [1.29, 1.82) is 0 Å². The highest BCUT2D eigenvalue weighted by molar-refractivity contribution is 8.15. The molecular formula is C21H19N5O3S2. The highest BCUT2D eigenvalue weighted by Gasteiger charge is 2.26. The van der Waals surface area contributed by atoms with Crippen molar-refractivity contribution in [3.63, 3.8) is 0 Å². The van der Waals surface area contributed by atoms with Crippen LogP contribution < -0.4 is 11.0 Å². The number of benzene rings is 2. The fourth-order valence-electron chi connectivity index (χ4n) is 3.08. The molecule has 2 heterocycles. The number of nitrogens with one attached hydrogen (secondary N) is 1. The van der Waals surface area contributed by atoms with Crippen molar-refractivity contribution in [1.82, 2.24) is 19.9 Å². The summed E-state index contributed by atoms with van der Waals surface area (Å²) < 4.78 is 1.51. The molecule has 0 spiro atoms. The Balaban J connectivity index is 1.57. The number of hydrogen-bond donors (Lipinski definition) is 1. The Morgan fingerprint density at radius 3 is 2.68 bits per heavy atom. The van der Waals surface area contributed by atoms with Gasteiger partial charge in [-0.05, 0) is 31.2 Å². The molecule has 31 heavy (non-hydrogen) atoms. The number of fused-ring (bicyclic) bond motifs is 1. The number of rotatable bonds is 6. The molecule has 0 aliphatic carbocycles. The van der Waals surface area contributed by atoms with E-state index in [1.807, 2.05) is 43.3 Å². The van der Waals surface area contributed by atoms with Crippen molar-refractivity contribution in [2.45, 2.75) is 12.1 Å². The average Bonchev–Trinajstić information content (AvgIpc) is 3.16. The first-order chi connectivity index (χ1) is 15.1. The number of carbonyl (C=O) groups is 2. The zero-order valence-corrected chi connectivity index (χ0v) is 18.3. The predicted molar refractivity (Wildman–Crippen MR) is 123 cm³/mol. The molecule has 0 unspecified atom stereocenters. The molecule has 0 radical (unpaired) electrons.